The second kappa shape index (κ2) is 5.89. The van der Waals surface area contributed by atoms with Crippen LogP contribution >= 0.6 is 0 Å². The molecule has 0 aliphatic rings. The van der Waals surface area contributed by atoms with Crippen LogP contribution in [0.25, 0.3) is 0 Å². The minimum atomic E-state index is -0.755. The van der Waals surface area contributed by atoms with E-state index >= 15 is 0 Å². The summed E-state index contributed by atoms with van der Waals surface area (Å²) in [6.45, 7) is 1.66. The highest BCUT2D eigenvalue weighted by Gasteiger charge is 2.05. The zero-order chi connectivity index (χ0) is 12.8. The zero-order valence-electron chi connectivity index (χ0n) is 9.26. The normalized spacial score (nSPS) is 11.1. The molecule has 1 rings (SSSR count). The summed E-state index contributed by atoms with van der Waals surface area (Å²) in [6.07, 6.45) is 2.38. The summed E-state index contributed by atoms with van der Waals surface area (Å²) >= 11 is 0. The number of allylic oxidation sites excluding steroid dienone is 1. The van der Waals surface area contributed by atoms with Gasteiger partial charge in [0.25, 0.3) is 0 Å². The lowest BCUT2D eigenvalue weighted by Gasteiger charge is -2.04. The van der Waals surface area contributed by atoms with Crippen LogP contribution in [-0.4, -0.2) is 12.0 Å². The maximum absolute atomic E-state index is 13.2. The van der Waals surface area contributed by atoms with Crippen LogP contribution < -0.4 is 5.32 Å². The molecule has 0 saturated heterocycles. The Labute approximate surface area is 97.7 Å². The van der Waals surface area contributed by atoms with Crippen molar-refractivity contribution in [2.45, 2.75) is 13.3 Å². The van der Waals surface area contributed by atoms with Crippen molar-refractivity contribution in [3.05, 3.63) is 41.6 Å². The summed E-state index contributed by atoms with van der Waals surface area (Å²) in [5.41, 5.74) is 0.186. The molecule has 0 radical (unpaired) electrons. The molecule has 90 valence electrons. The molecule has 0 aliphatic heterocycles. The van der Waals surface area contributed by atoms with E-state index in [1.807, 2.05) is 0 Å². The van der Waals surface area contributed by atoms with Crippen molar-refractivity contribution in [2.24, 2.45) is 0 Å². The molecule has 2 N–H and O–H groups in total. The van der Waals surface area contributed by atoms with Crippen LogP contribution in [0.5, 0.6) is 0 Å². The highest BCUT2D eigenvalue weighted by atomic mass is 19.1. The van der Waals surface area contributed by atoms with Crippen LogP contribution in [0, 0.1) is 17.0 Å². The summed E-state index contributed by atoms with van der Waals surface area (Å²) in [4.78, 5) is 11.3. The molecule has 1 aromatic rings. The fourth-order valence-corrected chi connectivity index (χ4v) is 1.17. The molecule has 5 heteroatoms. The summed E-state index contributed by atoms with van der Waals surface area (Å²) in [7, 11) is 0. The molecule has 0 aliphatic carbocycles. The molecule has 0 spiro atoms. The second-order valence-corrected chi connectivity index (χ2v) is 3.29. The first kappa shape index (κ1) is 13.0. The van der Waals surface area contributed by atoms with Gasteiger partial charge in [0.15, 0.2) is 5.78 Å². The fourth-order valence-electron chi connectivity index (χ4n) is 1.17. The van der Waals surface area contributed by atoms with E-state index in [9.17, 15) is 13.6 Å². The van der Waals surface area contributed by atoms with Gasteiger partial charge in [-0.2, -0.15) is 0 Å². The number of benzene rings is 1. The maximum Gasteiger partial charge on any atom is 0.165 e. The van der Waals surface area contributed by atoms with E-state index < -0.39 is 11.6 Å². The zero-order valence-corrected chi connectivity index (χ0v) is 9.26. The van der Waals surface area contributed by atoms with Crippen molar-refractivity contribution in [3.63, 3.8) is 0 Å². The van der Waals surface area contributed by atoms with Crippen molar-refractivity contribution in [2.75, 3.05) is 5.32 Å². The van der Waals surface area contributed by atoms with Gasteiger partial charge in [-0.3, -0.25) is 4.79 Å². The lowest BCUT2D eigenvalue weighted by molar-refractivity contribution is -0.114. The fraction of sp³-hybridized carbons (Fsp3) is 0.167. The third-order valence-corrected chi connectivity index (χ3v) is 2.11. The monoisotopic (exact) mass is 238 g/mol. The molecule has 0 atom stereocenters. The van der Waals surface area contributed by atoms with Gasteiger partial charge in [-0.05, 0) is 12.1 Å². The SMILES string of the molecule is CCC(=O)/C(C=N)=C/Nc1ccc(F)cc1F. The highest BCUT2D eigenvalue weighted by molar-refractivity contribution is 6.12. The number of carbonyl (C=O) groups is 1. The van der Waals surface area contributed by atoms with E-state index in [1.54, 1.807) is 6.92 Å². The number of Topliss-reactive ketones (excluding diaryl/α,β-unsaturated/α-hetero) is 1. The number of ketones is 1. The van der Waals surface area contributed by atoms with Crippen molar-refractivity contribution >= 4 is 17.7 Å². The van der Waals surface area contributed by atoms with Gasteiger partial charge in [-0.25, -0.2) is 8.78 Å². The molecular weight excluding hydrogens is 226 g/mol. The molecule has 3 nitrogen and oxygen atoms in total. The van der Waals surface area contributed by atoms with Gasteiger partial charge in [0.05, 0.1) is 11.3 Å². The van der Waals surface area contributed by atoms with E-state index in [2.05, 4.69) is 5.32 Å². The Bertz CT molecular complexity index is 470. The van der Waals surface area contributed by atoms with Gasteiger partial charge in [0, 0.05) is 24.9 Å². The molecule has 0 unspecified atom stereocenters. The number of rotatable bonds is 5. The van der Waals surface area contributed by atoms with Gasteiger partial charge in [0.1, 0.15) is 11.6 Å². The molecule has 0 amide bonds. The van der Waals surface area contributed by atoms with Crippen molar-refractivity contribution < 1.29 is 13.6 Å². The van der Waals surface area contributed by atoms with E-state index in [1.165, 1.54) is 12.3 Å². The Morgan fingerprint density at radius 1 is 1.47 bits per heavy atom. The molecule has 0 bridgehead atoms. The number of hydrogen-bond donors (Lipinski definition) is 2. The van der Waals surface area contributed by atoms with Crippen LogP contribution in [0.1, 0.15) is 13.3 Å². The second-order valence-electron chi connectivity index (χ2n) is 3.29. The number of carbonyl (C=O) groups excluding carboxylic acids is 1. The third kappa shape index (κ3) is 3.48. The predicted molar refractivity (Wildman–Crippen MR) is 62.1 cm³/mol. The van der Waals surface area contributed by atoms with E-state index in [-0.39, 0.29) is 23.5 Å². The minimum Gasteiger partial charge on any atom is -0.359 e. The summed E-state index contributed by atoms with van der Waals surface area (Å²) in [5.74, 6) is -1.65. The minimum absolute atomic E-state index is 0.0506. The first-order valence-electron chi connectivity index (χ1n) is 5.04. The van der Waals surface area contributed by atoms with Crippen LogP contribution in [-0.2, 0) is 4.79 Å². The Kier molecular flexibility index (Phi) is 4.51. The average molecular weight is 238 g/mol. The molecule has 0 heterocycles. The molecular formula is C12H12F2N2O. The maximum atomic E-state index is 13.2. The van der Waals surface area contributed by atoms with Crippen molar-refractivity contribution in [1.82, 2.24) is 0 Å². The van der Waals surface area contributed by atoms with Crippen LogP contribution in [0.2, 0.25) is 0 Å². The van der Waals surface area contributed by atoms with Crippen molar-refractivity contribution in [1.29, 1.82) is 5.41 Å². The van der Waals surface area contributed by atoms with Gasteiger partial charge >= 0.3 is 0 Å². The van der Waals surface area contributed by atoms with Gasteiger partial charge in [-0.15, -0.1) is 0 Å². The number of nitrogens with one attached hydrogen (secondary N) is 2. The van der Waals surface area contributed by atoms with Gasteiger partial charge in [-0.1, -0.05) is 6.92 Å². The smallest absolute Gasteiger partial charge is 0.165 e. The number of anilines is 1. The van der Waals surface area contributed by atoms with Crippen LogP contribution in [0.15, 0.2) is 30.0 Å². The van der Waals surface area contributed by atoms with Crippen molar-refractivity contribution in [3.8, 4) is 0 Å². The van der Waals surface area contributed by atoms with Gasteiger partial charge in [0.2, 0.25) is 0 Å². The average Bonchev–Trinajstić information content (AvgIpc) is 2.31. The van der Waals surface area contributed by atoms with Crippen LogP contribution in [0.4, 0.5) is 14.5 Å². The Morgan fingerprint density at radius 3 is 2.71 bits per heavy atom. The summed E-state index contributed by atoms with van der Waals surface area (Å²) in [6, 6.07) is 3.06. The first-order valence-corrected chi connectivity index (χ1v) is 5.04. The standard InChI is InChI=1S/C12H12F2N2O/c1-2-12(17)8(6-15)7-16-11-4-3-9(13)5-10(11)14/h3-7,15-16H,2H2,1H3/b8-7+,15-6?. The molecule has 0 saturated carbocycles. The summed E-state index contributed by atoms with van der Waals surface area (Å²) < 4.78 is 25.8. The molecule has 0 aromatic heterocycles. The van der Waals surface area contributed by atoms with Gasteiger partial charge < -0.3 is 10.7 Å². The number of hydrogen-bond acceptors (Lipinski definition) is 3. The number of halogens is 2. The lowest BCUT2D eigenvalue weighted by atomic mass is 10.1. The molecule has 1 aromatic carbocycles. The predicted octanol–water partition coefficient (Wildman–Crippen LogP) is 2.89. The molecule has 0 fully saturated rings. The molecule has 17 heavy (non-hydrogen) atoms. The largest absolute Gasteiger partial charge is 0.359 e. The Balaban J connectivity index is 2.87. The highest BCUT2D eigenvalue weighted by Crippen LogP contribution is 2.15. The summed E-state index contributed by atoms with van der Waals surface area (Å²) in [5, 5.41) is 9.57. The third-order valence-electron chi connectivity index (χ3n) is 2.11. The first-order chi connectivity index (χ1) is 8.08. The Morgan fingerprint density at radius 2 is 2.18 bits per heavy atom. The Hall–Kier alpha value is -2.04. The van der Waals surface area contributed by atoms with E-state index in [0.717, 1.165) is 18.3 Å². The van der Waals surface area contributed by atoms with Crippen LogP contribution in [0.3, 0.4) is 0 Å². The quantitative estimate of drug-likeness (QED) is 0.612. The van der Waals surface area contributed by atoms with E-state index in [4.69, 9.17) is 5.41 Å². The van der Waals surface area contributed by atoms with E-state index in [0.29, 0.717) is 0 Å². The lowest BCUT2D eigenvalue weighted by Crippen LogP contribution is -2.04. The topological polar surface area (TPSA) is 53.0 Å².